The van der Waals surface area contributed by atoms with E-state index in [2.05, 4.69) is 10.6 Å². The van der Waals surface area contributed by atoms with Crippen LogP contribution in [0.3, 0.4) is 0 Å². The van der Waals surface area contributed by atoms with Crippen molar-refractivity contribution >= 4 is 58.2 Å². The van der Waals surface area contributed by atoms with Crippen molar-refractivity contribution in [3.63, 3.8) is 0 Å². The Labute approximate surface area is 229 Å². The van der Waals surface area contributed by atoms with Crippen LogP contribution in [-0.2, 0) is 19.1 Å². The molecule has 3 atom stereocenters. The molecule has 2 fully saturated rings. The summed E-state index contributed by atoms with van der Waals surface area (Å²) in [5.41, 5.74) is 8.21. The molecule has 3 amide bonds. The highest BCUT2D eigenvalue weighted by atomic mass is 35.5. The number of ether oxygens (including phenoxy) is 2. The van der Waals surface area contributed by atoms with E-state index in [9.17, 15) is 19.2 Å². The smallest absolute Gasteiger partial charge is 0.414 e. The first kappa shape index (κ1) is 27.9. The maximum atomic E-state index is 12.7. The van der Waals surface area contributed by atoms with Crippen molar-refractivity contribution in [3.8, 4) is 0 Å². The number of hydrogen-bond acceptors (Lipinski definition) is 8. The number of rotatable bonds is 10. The van der Waals surface area contributed by atoms with Gasteiger partial charge in [-0.3, -0.25) is 19.3 Å². The number of nitrogens with zero attached hydrogens (tertiary/aromatic N) is 1. The molecule has 1 aliphatic carbocycles. The number of nitrogens with two attached hydrogens (primary N) is 1. The highest BCUT2D eigenvalue weighted by molar-refractivity contribution is 7.18. The molecule has 4 rings (SSSR count). The molecule has 2 aliphatic rings. The molecule has 12 heteroatoms. The number of anilines is 2. The van der Waals surface area contributed by atoms with Crippen LogP contribution in [0.4, 0.5) is 16.2 Å². The van der Waals surface area contributed by atoms with E-state index >= 15 is 0 Å². The monoisotopic (exact) mass is 562 g/mol. The normalized spacial score (nSPS) is 20.8. The van der Waals surface area contributed by atoms with Crippen LogP contribution in [0.5, 0.6) is 0 Å². The summed E-state index contributed by atoms with van der Waals surface area (Å²) in [7, 11) is 0. The fourth-order valence-corrected chi connectivity index (χ4v) is 5.66. The molecule has 38 heavy (non-hydrogen) atoms. The van der Waals surface area contributed by atoms with Crippen molar-refractivity contribution in [2.45, 2.75) is 57.1 Å². The molecule has 0 bridgehead atoms. The fraction of sp³-hybridized carbons (Fsp3) is 0.462. The van der Waals surface area contributed by atoms with E-state index in [0.29, 0.717) is 20.6 Å². The average molecular weight is 563 g/mol. The van der Waals surface area contributed by atoms with Crippen LogP contribution in [0.25, 0.3) is 0 Å². The molecular formula is C26H31ClN4O6S. The summed E-state index contributed by atoms with van der Waals surface area (Å²) in [5.74, 6) is -0.863. The zero-order valence-electron chi connectivity index (χ0n) is 21.0. The maximum Gasteiger partial charge on any atom is 0.414 e. The molecule has 10 nitrogen and oxygen atoms in total. The van der Waals surface area contributed by atoms with Gasteiger partial charge in [-0.25, -0.2) is 4.79 Å². The lowest BCUT2D eigenvalue weighted by Crippen LogP contribution is -2.34. The van der Waals surface area contributed by atoms with Gasteiger partial charge in [-0.05, 0) is 61.9 Å². The largest absolute Gasteiger partial charge is 0.466 e. The number of cyclic esters (lactones) is 1. The number of esters is 1. The second kappa shape index (κ2) is 12.6. The van der Waals surface area contributed by atoms with Crippen molar-refractivity contribution in [3.05, 3.63) is 45.1 Å². The topological polar surface area (TPSA) is 140 Å². The lowest BCUT2D eigenvalue weighted by molar-refractivity contribution is -0.144. The zero-order chi connectivity index (χ0) is 27.2. The first-order valence-corrected chi connectivity index (χ1v) is 13.8. The van der Waals surface area contributed by atoms with Gasteiger partial charge in [-0.1, -0.05) is 17.7 Å². The minimum atomic E-state index is -0.544. The van der Waals surface area contributed by atoms with Crippen molar-refractivity contribution < 1.29 is 28.7 Å². The number of thiophene rings is 1. The first-order valence-electron chi connectivity index (χ1n) is 12.6. The van der Waals surface area contributed by atoms with Crippen molar-refractivity contribution in [1.82, 2.24) is 5.32 Å². The lowest BCUT2D eigenvalue weighted by Gasteiger charge is -2.20. The summed E-state index contributed by atoms with van der Waals surface area (Å²) in [5, 5.41) is 5.69. The Balaban J connectivity index is 1.44. The van der Waals surface area contributed by atoms with E-state index in [1.807, 2.05) is 12.1 Å². The Hall–Kier alpha value is -3.15. The van der Waals surface area contributed by atoms with Crippen LogP contribution in [-0.4, -0.2) is 55.7 Å². The van der Waals surface area contributed by atoms with Gasteiger partial charge in [-0.15, -0.1) is 11.3 Å². The van der Waals surface area contributed by atoms with Gasteiger partial charge in [0.1, 0.15) is 6.10 Å². The molecule has 0 radical (unpaired) electrons. The molecule has 3 unspecified atom stereocenters. The molecule has 1 saturated heterocycles. The van der Waals surface area contributed by atoms with Crippen LogP contribution in [0.1, 0.15) is 60.2 Å². The molecule has 2 heterocycles. The Bertz CT molecular complexity index is 1200. The quantitative estimate of drug-likeness (QED) is 0.371. The van der Waals surface area contributed by atoms with Crippen LogP contribution < -0.4 is 21.3 Å². The predicted octanol–water partition coefficient (Wildman–Crippen LogP) is 4.03. The molecule has 1 aromatic carbocycles. The number of amides is 3. The Kier molecular flexibility index (Phi) is 9.24. The summed E-state index contributed by atoms with van der Waals surface area (Å²) < 4.78 is 10.9. The third-order valence-electron chi connectivity index (χ3n) is 6.56. The van der Waals surface area contributed by atoms with Crippen molar-refractivity contribution in [2.75, 3.05) is 29.9 Å². The van der Waals surface area contributed by atoms with Gasteiger partial charge in [0.05, 0.1) is 35.3 Å². The zero-order valence-corrected chi connectivity index (χ0v) is 22.6. The summed E-state index contributed by atoms with van der Waals surface area (Å²) in [6.45, 7) is 2.34. The highest BCUT2D eigenvalue weighted by Crippen LogP contribution is 2.39. The second-order valence-electron chi connectivity index (χ2n) is 9.32. The van der Waals surface area contributed by atoms with Gasteiger partial charge in [0.25, 0.3) is 5.91 Å². The number of carbonyl (C=O) groups is 4. The third-order valence-corrected chi connectivity index (χ3v) is 7.79. The number of hydrogen-bond donors (Lipinski definition) is 3. The predicted molar refractivity (Wildman–Crippen MR) is 145 cm³/mol. The van der Waals surface area contributed by atoms with Crippen LogP contribution in [0.2, 0.25) is 4.34 Å². The van der Waals surface area contributed by atoms with Crippen LogP contribution in [0, 0.1) is 0 Å². The summed E-state index contributed by atoms with van der Waals surface area (Å²) in [6, 6.07) is 8.86. The van der Waals surface area contributed by atoms with E-state index in [0.717, 1.165) is 24.8 Å². The first-order chi connectivity index (χ1) is 18.2. The lowest BCUT2D eigenvalue weighted by atomic mass is 9.95. The van der Waals surface area contributed by atoms with E-state index in [-0.39, 0.29) is 56.3 Å². The molecule has 2 aromatic rings. The SMILES string of the molecule is CCOC(=O)CCC(=O)Nc1cc(N2CC(CNC(=O)c3ccc(Cl)s3)OC2=O)ccc1C1CCC(N)C1. The minimum Gasteiger partial charge on any atom is -0.466 e. The number of nitrogens with one attached hydrogen (secondary N) is 2. The van der Waals surface area contributed by atoms with E-state index in [1.165, 1.54) is 16.2 Å². The molecule has 4 N–H and O–H groups in total. The third kappa shape index (κ3) is 7.03. The van der Waals surface area contributed by atoms with Gasteiger partial charge in [0.15, 0.2) is 0 Å². The van der Waals surface area contributed by atoms with Crippen molar-refractivity contribution in [1.29, 1.82) is 0 Å². The number of halogens is 1. The molecule has 0 spiro atoms. The standard InChI is InChI=1S/C26H31ClN4O6S/c1-2-36-24(33)10-9-23(32)30-20-12-17(5-6-19(20)15-3-4-16(28)11-15)31-14-18(37-26(31)35)13-29-25(34)21-7-8-22(27)38-21/h5-8,12,15-16,18H,2-4,9-11,13-14,28H2,1H3,(H,29,34)(H,30,32). The van der Waals surface area contributed by atoms with Gasteiger partial charge in [0, 0.05) is 23.8 Å². The number of carbonyl (C=O) groups excluding carboxylic acids is 4. The van der Waals surface area contributed by atoms with Gasteiger partial charge >= 0.3 is 12.1 Å². The van der Waals surface area contributed by atoms with E-state index < -0.39 is 18.2 Å². The molecule has 1 saturated carbocycles. The number of benzene rings is 1. The van der Waals surface area contributed by atoms with Crippen LogP contribution >= 0.6 is 22.9 Å². The van der Waals surface area contributed by atoms with Gasteiger partial charge in [0.2, 0.25) is 5.91 Å². The van der Waals surface area contributed by atoms with Gasteiger partial charge in [-0.2, -0.15) is 0 Å². The maximum absolute atomic E-state index is 12.7. The molecule has 1 aromatic heterocycles. The fourth-order valence-electron chi connectivity index (χ4n) is 4.71. The molecular weight excluding hydrogens is 532 g/mol. The summed E-state index contributed by atoms with van der Waals surface area (Å²) >= 11 is 7.06. The average Bonchev–Trinajstić information content (AvgIpc) is 3.61. The van der Waals surface area contributed by atoms with Gasteiger partial charge < -0.3 is 25.8 Å². The summed E-state index contributed by atoms with van der Waals surface area (Å²) in [6.07, 6.45) is 1.47. The Morgan fingerprint density at radius 1 is 1.21 bits per heavy atom. The van der Waals surface area contributed by atoms with Crippen LogP contribution in [0.15, 0.2) is 30.3 Å². The van der Waals surface area contributed by atoms with E-state index in [1.54, 1.807) is 25.1 Å². The minimum absolute atomic E-state index is 0.0182. The second-order valence-corrected chi connectivity index (χ2v) is 11.0. The van der Waals surface area contributed by atoms with E-state index in [4.69, 9.17) is 26.8 Å². The van der Waals surface area contributed by atoms with Crippen molar-refractivity contribution in [2.24, 2.45) is 5.73 Å². The molecule has 204 valence electrons. The summed E-state index contributed by atoms with van der Waals surface area (Å²) in [4.78, 5) is 51.3. The Morgan fingerprint density at radius 2 is 2.03 bits per heavy atom. The Morgan fingerprint density at radius 3 is 2.71 bits per heavy atom. The highest BCUT2D eigenvalue weighted by Gasteiger charge is 2.34. The molecule has 1 aliphatic heterocycles.